The van der Waals surface area contributed by atoms with Crippen molar-refractivity contribution in [3.8, 4) is 0 Å². The van der Waals surface area contributed by atoms with E-state index in [-0.39, 0.29) is 5.91 Å². The van der Waals surface area contributed by atoms with Crippen molar-refractivity contribution in [3.05, 3.63) is 53.6 Å². The van der Waals surface area contributed by atoms with E-state index in [1.165, 1.54) is 0 Å². The molecule has 1 aromatic heterocycles. The predicted molar refractivity (Wildman–Crippen MR) is 73.6 cm³/mol. The van der Waals surface area contributed by atoms with Crippen LogP contribution < -0.4 is 10.6 Å². The van der Waals surface area contributed by atoms with E-state index in [0.717, 1.165) is 17.9 Å². The summed E-state index contributed by atoms with van der Waals surface area (Å²) in [4.78, 5) is 18.8. The summed E-state index contributed by atoms with van der Waals surface area (Å²) in [6, 6.07) is 7.60. The lowest BCUT2D eigenvalue weighted by Crippen LogP contribution is -2.22. The van der Waals surface area contributed by atoms with Crippen LogP contribution in [-0.4, -0.2) is 22.4 Å². The fourth-order valence-corrected chi connectivity index (χ4v) is 1.76. The van der Waals surface area contributed by atoms with E-state index in [1.807, 2.05) is 31.2 Å². The average molecular weight is 258 g/mol. The van der Waals surface area contributed by atoms with E-state index in [1.54, 1.807) is 12.4 Å². The SMILES string of the molecule is CCNC(=O)c1ccc(CNCc2ncc[nH]2)cc1. The summed E-state index contributed by atoms with van der Waals surface area (Å²) in [7, 11) is 0. The highest BCUT2D eigenvalue weighted by Crippen LogP contribution is 2.04. The Hall–Kier alpha value is -2.14. The van der Waals surface area contributed by atoms with Gasteiger partial charge < -0.3 is 15.6 Å². The van der Waals surface area contributed by atoms with Gasteiger partial charge >= 0.3 is 0 Å². The number of H-pyrrole nitrogens is 1. The number of rotatable bonds is 6. The maximum absolute atomic E-state index is 11.6. The number of aromatic nitrogens is 2. The number of imidazole rings is 1. The predicted octanol–water partition coefficient (Wildman–Crippen LogP) is 1.45. The van der Waals surface area contributed by atoms with Gasteiger partial charge in [0.25, 0.3) is 5.91 Å². The molecule has 0 bridgehead atoms. The van der Waals surface area contributed by atoms with E-state index in [2.05, 4.69) is 20.6 Å². The second kappa shape index (κ2) is 6.70. The van der Waals surface area contributed by atoms with Gasteiger partial charge in [-0.3, -0.25) is 4.79 Å². The number of aromatic amines is 1. The molecule has 2 aromatic rings. The first kappa shape index (κ1) is 13.3. The van der Waals surface area contributed by atoms with Crippen LogP contribution >= 0.6 is 0 Å². The highest BCUT2D eigenvalue weighted by Gasteiger charge is 2.03. The molecular formula is C14H18N4O. The van der Waals surface area contributed by atoms with E-state index < -0.39 is 0 Å². The van der Waals surface area contributed by atoms with Crippen molar-refractivity contribution in [3.63, 3.8) is 0 Å². The number of carbonyl (C=O) groups is 1. The Morgan fingerprint density at radius 2 is 2.05 bits per heavy atom. The zero-order valence-electron chi connectivity index (χ0n) is 10.9. The van der Waals surface area contributed by atoms with Crippen LogP contribution in [0.15, 0.2) is 36.7 Å². The van der Waals surface area contributed by atoms with Gasteiger partial charge in [0.15, 0.2) is 0 Å². The minimum Gasteiger partial charge on any atom is -0.352 e. The molecule has 1 heterocycles. The molecule has 19 heavy (non-hydrogen) atoms. The molecule has 0 aliphatic heterocycles. The quantitative estimate of drug-likeness (QED) is 0.734. The Bertz CT molecular complexity index is 505. The third-order valence-electron chi connectivity index (χ3n) is 2.73. The van der Waals surface area contributed by atoms with Crippen molar-refractivity contribution < 1.29 is 4.79 Å². The van der Waals surface area contributed by atoms with Crippen molar-refractivity contribution in [2.24, 2.45) is 0 Å². The summed E-state index contributed by atoms with van der Waals surface area (Å²) in [5.74, 6) is 0.886. The van der Waals surface area contributed by atoms with Gasteiger partial charge in [0.1, 0.15) is 5.82 Å². The number of carbonyl (C=O) groups excluding carboxylic acids is 1. The number of nitrogens with zero attached hydrogens (tertiary/aromatic N) is 1. The highest BCUT2D eigenvalue weighted by atomic mass is 16.1. The molecule has 2 rings (SSSR count). The maximum atomic E-state index is 11.6. The molecule has 3 N–H and O–H groups in total. The molecule has 0 fully saturated rings. The molecule has 5 nitrogen and oxygen atoms in total. The summed E-state index contributed by atoms with van der Waals surface area (Å²) in [5, 5.41) is 6.06. The highest BCUT2D eigenvalue weighted by molar-refractivity contribution is 5.94. The minimum absolute atomic E-state index is 0.0300. The number of hydrogen-bond acceptors (Lipinski definition) is 3. The Labute approximate surface area is 112 Å². The fraction of sp³-hybridized carbons (Fsp3) is 0.286. The van der Waals surface area contributed by atoms with Crippen LogP contribution in [0.5, 0.6) is 0 Å². The van der Waals surface area contributed by atoms with Gasteiger partial charge in [-0.05, 0) is 24.6 Å². The molecule has 100 valence electrons. The molecular weight excluding hydrogens is 240 g/mol. The Morgan fingerprint density at radius 3 is 2.68 bits per heavy atom. The van der Waals surface area contributed by atoms with Gasteiger partial charge in [0.05, 0.1) is 6.54 Å². The zero-order valence-corrected chi connectivity index (χ0v) is 10.9. The lowest BCUT2D eigenvalue weighted by molar-refractivity contribution is 0.0956. The first-order chi connectivity index (χ1) is 9.29. The van der Waals surface area contributed by atoms with Gasteiger partial charge in [-0.2, -0.15) is 0 Å². The normalized spacial score (nSPS) is 10.4. The number of amides is 1. The van der Waals surface area contributed by atoms with Crippen LogP contribution in [-0.2, 0) is 13.1 Å². The van der Waals surface area contributed by atoms with Gasteiger partial charge in [0, 0.05) is 31.0 Å². The number of nitrogens with one attached hydrogen (secondary N) is 3. The van der Waals surface area contributed by atoms with Crippen LogP contribution in [0.1, 0.15) is 28.7 Å². The molecule has 0 aliphatic carbocycles. The summed E-state index contributed by atoms with van der Waals surface area (Å²) in [5.41, 5.74) is 1.83. The molecule has 1 aromatic carbocycles. The van der Waals surface area contributed by atoms with E-state index in [0.29, 0.717) is 18.7 Å². The van der Waals surface area contributed by atoms with Crippen molar-refractivity contribution in [1.29, 1.82) is 0 Å². The third kappa shape index (κ3) is 3.93. The Kier molecular flexibility index (Phi) is 4.69. The first-order valence-electron chi connectivity index (χ1n) is 6.35. The van der Waals surface area contributed by atoms with Crippen LogP contribution in [0.2, 0.25) is 0 Å². The number of hydrogen-bond donors (Lipinski definition) is 3. The van der Waals surface area contributed by atoms with Gasteiger partial charge in [0.2, 0.25) is 0 Å². The van der Waals surface area contributed by atoms with Crippen LogP contribution in [0.4, 0.5) is 0 Å². The standard InChI is InChI=1S/C14H18N4O/c1-2-16-14(19)12-5-3-11(4-6-12)9-15-10-13-17-7-8-18-13/h3-8,15H,2,9-10H2,1H3,(H,16,19)(H,17,18). The molecule has 0 atom stereocenters. The number of benzene rings is 1. The van der Waals surface area contributed by atoms with E-state index in [4.69, 9.17) is 0 Å². The van der Waals surface area contributed by atoms with Crippen LogP contribution in [0.25, 0.3) is 0 Å². The molecule has 0 saturated heterocycles. The first-order valence-corrected chi connectivity index (χ1v) is 6.35. The van der Waals surface area contributed by atoms with Gasteiger partial charge in [-0.25, -0.2) is 4.98 Å². The zero-order chi connectivity index (χ0) is 13.5. The average Bonchev–Trinajstić information content (AvgIpc) is 2.93. The molecule has 0 aliphatic rings. The van der Waals surface area contributed by atoms with Crippen molar-refractivity contribution in [2.45, 2.75) is 20.0 Å². The lowest BCUT2D eigenvalue weighted by Gasteiger charge is -2.05. The maximum Gasteiger partial charge on any atom is 0.251 e. The molecule has 0 unspecified atom stereocenters. The smallest absolute Gasteiger partial charge is 0.251 e. The molecule has 5 heteroatoms. The van der Waals surface area contributed by atoms with Crippen molar-refractivity contribution in [2.75, 3.05) is 6.54 Å². The third-order valence-corrected chi connectivity index (χ3v) is 2.73. The fourth-order valence-electron chi connectivity index (χ4n) is 1.76. The molecule has 1 amide bonds. The largest absolute Gasteiger partial charge is 0.352 e. The summed E-state index contributed by atoms with van der Waals surface area (Å²) in [6.07, 6.45) is 3.54. The second-order valence-electron chi connectivity index (χ2n) is 4.20. The van der Waals surface area contributed by atoms with Crippen molar-refractivity contribution in [1.82, 2.24) is 20.6 Å². The second-order valence-corrected chi connectivity index (χ2v) is 4.20. The Balaban J connectivity index is 1.83. The van der Waals surface area contributed by atoms with Crippen molar-refractivity contribution >= 4 is 5.91 Å². The Morgan fingerprint density at radius 1 is 1.26 bits per heavy atom. The lowest BCUT2D eigenvalue weighted by atomic mass is 10.1. The van der Waals surface area contributed by atoms with Gasteiger partial charge in [-0.15, -0.1) is 0 Å². The molecule has 0 saturated carbocycles. The molecule has 0 spiro atoms. The van der Waals surface area contributed by atoms with E-state index >= 15 is 0 Å². The summed E-state index contributed by atoms with van der Waals surface area (Å²) < 4.78 is 0. The summed E-state index contributed by atoms with van der Waals surface area (Å²) >= 11 is 0. The molecule has 0 radical (unpaired) electrons. The van der Waals surface area contributed by atoms with Crippen LogP contribution in [0.3, 0.4) is 0 Å². The summed E-state index contributed by atoms with van der Waals surface area (Å²) in [6.45, 7) is 4.00. The topological polar surface area (TPSA) is 69.8 Å². The monoisotopic (exact) mass is 258 g/mol. The van der Waals surface area contributed by atoms with E-state index in [9.17, 15) is 4.79 Å². The minimum atomic E-state index is -0.0300. The van der Waals surface area contributed by atoms with Gasteiger partial charge in [-0.1, -0.05) is 12.1 Å². The van der Waals surface area contributed by atoms with Crippen LogP contribution in [0, 0.1) is 0 Å².